The molecule has 1 heterocycles. The number of aryl methyl sites for hydroxylation is 2. The van der Waals surface area contributed by atoms with Gasteiger partial charge >= 0.3 is 0 Å². The van der Waals surface area contributed by atoms with E-state index < -0.39 is 0 Å². The molecule has 1 aromatic heterocycles. The van der Waals surface area contributed by atoms with E-state index in [0.717, 1.165) is 17.0 Å². The molecule has 5 heteroatoms. The van der Waals surface area contributed by atoms with Crippen LogP contribution in [0.2, 0.25) is 5.02 Å². The smallest absolute Gasteiger partial charge is 0.143 e. The maximum absolute atomic E-state index is 12.2. The van der Waals surface area contributed by atoms with Crippen LogP contribution in [0.15, 0.2) is 24.3 Å². The average Bonchev–Trinajstić information content (AvgIpc) is 2.69. The van der Waals surface area contributed by atoms with Gasteiger partial charge in [0, 0.05) is 18.7 Å². The summed E-state index contributed by atoms with van der Waals surface area (Å²) in [5, 5.41) is 4.91. The second-order valence-electron chi connectivity index (χ2n) is 4.80. The van der Waals surface area contributed by atoms with E-state index in [1.54, 1.807) is 16.8 Å². The topological polar surface area (TPSA) is 60.9 Å². The highest BCUT2D eigenvalue weighted by molar-refractivity contribution is 6.32. The Kier molecular flexibility index (Phi) is 4.45. The molecule has 0 unspecified atom stereocenters. The molecule has 1 aromatic carbocycles. The number of hydrogen-bond donors (Lipinski definition) is 1. The Morgan fingerprint density at radius 3 is 2.55 bits per heavy atom. The van der Waals surface area contributed by atoms with Crippen LogP contribution in [0.5, 0.6) is 0 Å². The summed E-state index contributed by atoms with van der Waals surface area (Å²) >= 11 is 6.21. The minimum absolute atomic E-state index is 0.117. The molecule has 4 nitrogen and oxygen atoms in total. The molecule has 20 heavy (non-hydrogen) atoms. The number of anilines is 1. The van der Waals surface area contributed by atoms with E-state index in [1.165, 1.54) is 0 Å². The number of halogens is 1. The highest BCUT2D eigenvalue weighted by Gasteiger charge is 2.16. The SMILES string of the molecule is CCn1nc(C)c(Cl)c1CC(=O)Cc1ccc(N)cc1. The Balaban J connectivity index is 2.10. The molecule has 0 atom stereocenters. The van der Waals surface area contributed by atoms with Gasteiger partial charge in [-0.25, -0.2) is 0 Å². The number of hydrogen-bond acceptors (Lipinski definition) is 3. The van der Waals surface area contributed by atoms with Gasteiger partial charge in [0.15, 0.2) is 0 Å². The zero-order chi connectivity index (χ0) is 14.7. The highest BCUT2D eigenvalue weighted by atomic mass is 35.5. The number of nitrogens with zero attached hydrogens (tertiary/aromatic N) is 2. The third-order valence-electron chi connectivity index (χ3n) is 3.20. The van der Waals surface area contributed by atoms with Crippen molar-refractivity contribution < 1.29 is 4.79 Å². The molecule has 106 valence electrons. The molecule has 0 saturated carbocycles. The standard InChI is InChI=1S/C15H18ClN3O/c1-3-19-14(15(16)10(2)18-19)9-13(20)8-11-4-6-12(17)7-5-11/h4-7H,3,8-9,17H2,1-2H3. The first kappa shape index (κ1) is 14.6. The third-order valence-corrected chi connectivity index (χ3v) is 3.69. The molecule has 0 spiro atoms. The van der Waals surface area contributed by atoms with Gasteiger partial charge in [0.25, 0.3) is 0 Å². The summed E-state index contributed by atoms with van der Waals surface area (Å²) in [4.78, 5) is 12.2. The minimum Gasteiger partial charge on any atom is -0.399 e. The fraction of sp³-hybridized carbons (Fsp3) is 0.333. The number of nitrogens with two attached hydrogens (primary N) is 1. The second-order valence-corrected chi connectivity index (χ2v) is 5.17. The van der Waals surface area contributed by atoms with Gasteiger partial charge in [-0.1, -0.05) is 23.7 Å². The summed E-state index contributed by atoms with van der Waals surface area (Å²) in [6.07, 6.45) is 0.683. The zero-order valence-corrected chi connectivity index (χ0v) is 12.4. The van der Waals surface area contributed by atoms with Gasteiger partial charge in [0.05, 0.1) is 22.8 Å². The summed E-state index contributed by atoms with van der Waals surface area (Å²) in [6, 6.07) is 7.35. The Hall–Kier alpha value is -1.81. The number of carbonyl (C=O) groups is 1. The number of ketones is 1. The Labute approximate surface area is 123 Å². The number of Topliss-reactive ketones (excluding diaryl/α,β-unsaturated/α-hetero) is 1. The molecule has 0 aliphatic heterocycles. The summed E-state index contributed by atoms with van der Waals surface area (Å²) in [5.74, 6) is 0.117. The van der Waals surface area contributed by atoms with Gasteiger partial charge < -0.3 is 5.73 Å². The quantitative estimate of drug-likeness (QED) is 0.862. The van der Waals surface area contributed by atoms with Gasteiger partial charge in [-0.15, -0.1) is 0 Å². The predicted octanol–water partition coefficient (Wildman–Crippen LogP) is 2.80. The van der Waals surface area contributed by atoms with Gasteiger partial charge in [-0.3, -0.25) is 9.48 Å². The number of nitrogen functional groups attached to an aromatic ring is 1. The Bertz CT molecular complexity index is 617. The first-order valence-corrected chi connectivity index (χ1v) is 6.97. The van der Waals surface area contributed by atoms with Gasteiger partial charge in [0.2, 0.25) is 0 Å². The third kappa shape index (κ3) is 3.20. The summed E-state index contributed by atoms with van der Waals surface area (Å²) in [6.45, 7) is 4.54. The van der Waals surface area contributed by atoms with Crippen molar-refractivity contribution in [1.29, 1.82) is 0 Å². The molecule has 0 radical (unpaired) electrons. The maximum atomic E-state index is 12.2. The molecule has 0 aliphatic carbocycles. The van der Waals surface area contributed by atoms with Crippen LogP contribution in [0.1, 0.15) is 23.9 Å². The van der Waals surface area contributed by atoms with Gasteiger partial charge in [0.1, 0.15) is 5.78 Å². The van der Waals surface area contributed by atoms with E-state index in [9.17, 15) is 4.79 Å². The van der Waals surface area contributed by atoms with E-state index in [-0.39, 0.29) is 5.78 Å². The van der Waals surface area contributed by atoms with Crippen molar-refractivity contribution in [2.75, 3.05) is 5.73 Å². The molecule has 0 bridgehead atoms. The normalized spacial score (nSPS) is 10.8. The van der Waals surface area contributed by atoms with Crippen LogP contribution in [-0.4, -0.2) is 15.6 Å². The lowest BCUT2D eigenvalue weighted by Gasteiger charge is -2.05. The molecular weight excluding hydrogens is 274 g/mol. The molecule has 0 fully saturated rings. The van der Waals surface area contributed by atoms with Crippen LogP contribution >= 0.6 is 11.6 Å². The number of rotatable bonds is 5. The lowest BCUT2D eigenvalue weighted by atomic mass is 10.1. The molecule has 2 N–H and O–H groups in total. The monoisotopic (exact) mass is 291 g/mol. The van der Waals surface area contributed by atoms with Crippen LogP contribution in [0, 0.1) is 6.92 Å². The second kappa shape index (κ2) is 6.09. The Morgan fingerprint density at radius 2 is 1.95 bits per heavy atom. The van der Waals surface area contributed by atoms with Crippen LogP contribution < -0.4 is 5.73 Å². The summed E-state index contributed by atoms with van der Waals surface area (Å²) < 4.78 is 1.79. The molecule has 0 aliphatic rings. The van der Waals surface area contributed by atoms with Crippen LogP contribution in [0.4, 0.5) is 5.69 Å². The number of aromatic nitrogens is 2. The van der Waals surface area contributed by atoms with Crippen molar-refractivity contribution in [1.82, 2.24) is 9.78 Å². The van der Waals surface area contributed by atoms with E-state index in [0.29, 0.717) is 30.1 Å². The van der Waals surface area contributed by atoms with Crippen LogP contribution in [-0.2, 0) is 24.2 Å². The summed E-state index contributed by atoms with van der Waals surface area (Å²) in [7, 11) is 0. The fourth-order valence-corrected chi connectivity index (χ4v) is 2.35. The van der Waals surface area contributed by atoms with Crippen molar-refractivity contribution in [3.05, 3.63) is 46.2 Å². The maximum Gasteiger partial charge on any atom is 0.143 e. The first-order chi connectivity index (χ1) is 9.51. The first-order valence-electron chi connectivity index (χ1n) is 6.59. The van der Waals surface area contributed by atoms with Crippen LogP contribution in [0.3, 0.4) is 0 Å². The predicted molar refractivity (Wildman–Crippen MR) is 80.9 cm³/mol. The molecule has 2 aromatic rings. The molecular formula is C15H18ClN3O. The Morgan fingerprint density at radius 1 is 1.30 bits per heavy atom. The van der Waals surface area contributed by atoms with Crippen LogP contribution in [0.25, 0.3) is 0 Å². The van der Waals surface area contributed by atoms with Gasteiger partial charge in [-0.2, -0.15) is 5.10 Å². The van der Waals surface area contributed by atoms with Crippen molar-refractivity contribution in [3.8, 4) is 0 Å². The molecule has 0 amide bonds. The van der Waals surface area contributed by atoms with E-state index in [1.807, 2.05) is 26.0 Å². The van der Waals surface area contributed by atoms with E-state index in [4.69, 9.17) is 17.3 Å². The molecule has 2 rings (SSSR count). The fourth-order valence-electron chi connectivity index (χ4n) is 2.15. The number of carbonyl (C=O) groups excluding carboxylic acids is 1. The molecule has 0 saturated heterocycles. The van der Waals surface area contributed by atoms with Crippen molar-refractivity contribution in [3.63, 3.8) is 0 Å². The number of benzene rings is 1. The average molecular weight is 292 g/mol. The van der Waals surface area contributed by atoms with Crippen molar-refractivity contribution >= 4 is 23.1 Å². The highest BCUT2D eigenvalue weighted by Crippen LogP contribution is 2.21. The van der Waals surface area contributed by atoms with E-state index in [2.05, 4.69) is 5.10 Å². The van der Waals surface area contributed by atoms with Crippen molar-refractivity contribution in [2.24, 2.45) is 0 Å². The minimum atomic E-state index is 0.117. The van der Waals surface area contributed by atoms with Gasteiger partial charge in [-0.05, 0) is 31.5 Å². The lowest BCUT2D eigenvalue weighted by molar-refractivity contribution is -0.117. The largest absolute Gasteiger partial charge is 0.399 e. The van der Waals surface area contributed by atoms with Crippen molar-refractivity contribution in [2.45, 2.75) is 33.2 Å². The lowest BCUT2D eigenvalue weighted by Crippen LogP contribution is -2.12. The zero-order valence-electron chi connectivity index (χ0n) is 11.7. The van der Waals surface area contributed by atoms with E-state index >= 15 is 0 Å². The summed E-state index contributed by atoms with van der Waals surface area (Å²) in [5.41, 5.74) is 8.85.